The van der Waals surface area contributed by atoms with Crippen LogP contribution in [0.4, 0.5) is 14.0 Å². The van der Waals surface area contributed by atoms with Gasteiger partial charge < -0.3 is 20.3 Å². The largest absolute Gasteiger partial charge is 0.463 e. The van der Waals surface area contributed by atoms with Crippen LogP contribution in [0.2, 0.25) is 0 Å². The van der Waals surface area contributed by atoms with Gasteiger partial charge in [0.15, 0.2) is 0 Å². The predicted octanol–water partition coefficient (Wildman–Crippen LogP) is 2.85. The molecule has 1 aromatic rings. The Hall–Kier alpha value is -3.14. The monoisotopic (exact) mass is 489 g/mol. The third-order valence-electron chi connectivity index (χ3n) is 6.22. The normalized spacial score (nSPS) is 21.3. The molecule has 0 aliphatic carbocycles. The fraction of sp³-hybridized carbons (Fsp3) is 0.560. The second-order valence-corrected chi connectivity index (χ2v) is 9.11. The van der Waals surface area contributed by atoms with E-state index in [1.54, 1.807) is 30.0 Å². The molecule has 2 aliphatic heterocycles. The van der Waals surface area contributed by atoms with Crippen LogP contribution < -0.4 is 10.6 Å². The Balaban J connectivity index is 1.95. The van der Waals surface area contributed by atoms with Gasteiger partial charge in [0.05, 0.1) is 18.2 Å². The van der Waals surface area contributed by atoms with Crippen molar-refractivity contribution >= 4 is 18.0 Å². The second kappa shape index (κ2) is 11.5. The number of carbonyl (C=O) groups excluding carboxylic acids is 3. The molecule has 9 nitrogen and oxygen atoms in total. The maximum absolute atomic E-state index is 14.8. The second-order valence-electron chi connectivity index (χ2n) is 9.11. The van der Waals surface area contributed by atoms with E-state index in [1.165, 1.54) is 11.0 Å². The molecule has 0 spiro atoms. The van der Waals surface area contributed by atoms with Gasteiger partial charge in [0, 0.05) is 56.1 Å². The van der Waals surface area contributed by atoms with E-state index in [2.05, 4.69) is 15.5 Å². The summed E-state index contributed by atoms with van der Waals surface area (Å²) in [5.74, 6) is -1.10. The summed E-state index contributed by atoms with van der Waals surface area (Å²) in [5.41, 5.74) is 0.932. The highest BCUT2D eigenvalue weighted by atomic mass is 19.1. The van der Waals surface area contributed by atoms with Gasteiger partial charge >= 0.3 is 18.0 Å². The van der Waals surface area contributed by atoms with Gasteiger partial charge in [-0.1, -0.05) is 18.2 Å². The summed E-state index contributed by atoms with van der Waals surface area (Å²) in [7, 11) is 0. The van der Waals surface area contributed by atoms with Crippen LogP contribution in [-0.2, 0) is 9.53 Å². The lowest BCUT2D eigenvalue weighted by Gasteiger charge is -2.43. The molecule has 0 saturated carbocycles. The minimum absolute atomic E-state index is 0.0409. The van der Waals surface area contributed by atoms with Crippen molar-refractivity contribution in [3.05, 3.63) is 46.9 Å². The average Bonchev–Trinajstić information content (AvgIpc) is 2.79. The number of hydrogen-bond donors (Lipinski definition) is 2. The van der Waals surface area contributed by atoms with E-state index in [0.717, 1.165) is 0 Å². The molecule has 192 valence electrons. The molecule has 0 radical (unpaired) electrons. The number of rotatable bonds is 7. The Morgan fingerprint density at radius 2 is 1.94 bits per heavy atom. The number of esters is 1. The highest BCUT2D eigenvalue weighted by molar-refractivity contribution is 5.95. The van der Waals surface area contributed by atoms with Gasteiger partial charge in [0.1, 0.15) is 5.82 Å². The molecule has 4 amide bonds. The smallest absolute Gasteiger partial charge is 0.338 e. The number of carbonyl (C=O) groups is 3. The minimum Gasteiger partial charge on any atom is -0.463 e. The number of nitrogens with one attached hydrogen (secondary N) is 2. The molecule has 2 unspecified atom stereocenters. The van der Waals surface area contributed by atoms with E-state index in [0.29, 0.717) is 38.4 Å². The summed E-state index contributed by atoms with van der Waals surface area (Å²) in [6, 6.07) is 4.61. The first kappa shape index (κ1) is 26.5. The summed E-state index contributed by atoms with van der Waals surface area (Å²) in [5, 5.41) is 5.72. The number of hydrogen-bond acceptors (Lipinski definition) is 5. The number of ether oxygens (including phenoxy) is 1. The lowest BCUT2D eigenvalue weighted by molar-refractivity contribution is -0.139. The van der Waals surface area contributed by atoms with Crippen LogP contribution in [-0.4, -0.2) is 84.1 Å². The van der Waals surface area contributed by atoms with Crippen molar-refractivity contribution in [3.8, 4) is 0 Å². The van der Waals surface area contributed by atoms with Crippen LogP contribution in [0.15, 0.2) is 35.5 Å². The molecule has 2 heterocycles. The highest BCUT2D eigenvalue weighted by Crippen LogP contribution is 2.33. The van der Waals surface area contributed by atoms with Crippen molar-refractivity contribution in [1.29, 1.82) is 0 Å². The molecule has 2 atom stereocenters. The third-order valence-corrected chi connectivity index (χ3v) is 6.22. The van der Waals surface area contributed by atoms with E-state index in [-0.39, 0.29) is 35.9 Å². The standard InChI is InChI=1S/C25H36FN5O4/c1-6-30-20(15-29-12-13-31(17(5)14-29)24(33)27-16(3)4)21(23(32)35-7-2)22(28-25(30)34)18-10-8-9-11-19(18)26/h8-11,16-17,22H,6-7,12-15H2,1-5H3,(H,27,33)(H,28,34). The van der Waals surface area contributed by atoms with Gasteiger partial charge in [0.25, 0.3) is 0 Å². The topological polar surface area (TPSA) is 94.2 Å². The van der Waals surface area contributed by atoms with Crippen molar-refractivity contribution in [2.45, 2.75) is 52.7 Å². The van der Waals surface area contributed by atoms with E-state index >= 15 is 0 Å². The number of likely N-dealkylation sites (N-methyl/N-ethyl adjacent to an activating group) is 1. The Morgan fingerprint density at radius 1 is 1.23 bits per heavy atom. The molecule has 3 rings (SSSR count). The summed E-state index contributed by atoms with van der Waals surface area (Å²) in [6.45, 7) is 11.8. The van der Waals surface area contributed by atoms with Crippen molar-refractivity contribution in [3.63, 3.8) is 0 Å². The fourth-order valence-electron chi connectivity index (χ4n) is 4.62. The molecule has 1 aromatic carbocycles. The maximum Gasteiger partial charge on any atom is 0.338 e. The molecule has 0 bridgehead atoms. The zero-order valence-electron chi connectivity index (χ0n) is 21.1. The Labute approximate surface area is 206 Å². The highest BCUT2D eigenvalue weighted by Gasteiger charge is 2.40. The van der Waals surface area contributed by atoms with Crippen molar-refractivity contribution in [1.82, 2.24) is 25.3 Å². The van der Waals surface area contributed by atoms with Crippen LogP contribution in [0.5, 0.6) is 0 Å². The summed E-state index contributed by atoms with van der Waals surface area (Å²) < 4.78 is 20.1. The maximum atomic E-state index is 14.8. The number of piperazine rings is 1. The van der Waals surface area contributed by atoms with Crippen molar-refractivity contribution < 1.29 is 23.5 Å². The molecular formula is C25H36FN5O4. The minimum atomic E-state index is -0.962. The van der Waals surface area contributed by atoms with E-state index < -0.39 is 23.9 Å². The molecule has 0 aromatic heterocycles. The number of halogens is 1. The van der Waals surface area contributed by atoms with Gasteiger partial charge in [-0.15, -0.1) is 0 Å². The first-order valence-electron chi connectivity index (χ1n) is 12.2. The molecule has 2 aliphatic rings. The van der Waals surface area contributed by atoms with E-state index in [1.807, 2.05) is 27.7 Å². The van der Waals surface area contributed by atoms with Crippen LogP contribution in [0, 0.1) is 5.82 Å². The zero-order valence-corrected chi connectivity index (χ0v) is 21.1. The lowest BCUT2D eigenvalue weighted by Crippen LogP contribution is -2.58. The Kier molecular flexibility index (Phi) is 8.71. The van der Waals surface area contributed by atoms with Crippen LogP contribution in [0.3, 0.4) is 0 Å². The van der Waals surface area contributed by atoms with Gasteiger partial charge in [-0.25, -0.2) is 18.8 Å². The number of amides is 4. The van der Waals surface area contributed by atoms with Gasteiger partial charge in [-0.05, 0) is 40.7 Å². The van der Waals surface area contributed by atoms with Crippen LogP contribution in [0.25, 0.3) is 0 Å². The Bertz CT molecular complexity index is 982. The summed E-state index contributed by atoms with van der Waals surface area (Å²) in [6.07, 6.45) is 0. The third kappa shape index (κ3) is 5.93. The number of nitrogens with zero attached hydrogens (tertiary/aromatic N) is 3. The molecule has 2 N–H and O–H groups in total. The molecule has 35 heavy (non-hydrogen) atoms. The summed E-state index contributed by atoms with van der Waals surface area (Å²) >= 11 is 0. The summed E-state index contributed by atoms with van der Waals surface area (Å²) in [4.78, 5) is 44.1. The molecule has 10 heteroatoms. The van der Waals surface area contributed by atoms with Crippen molar-refractivity contribution in [2.75, 3.05) is 39.3 Å². The fourth-order valence-corrected chi connectivity index (χ4v) is 4.62. The van der Waals surface area contributed by atoms with Gasteiger partial charge in [0.2, 0.25) is 0 Å². The zero-order chi connectivity index (χ0) is 25.7. The predicted molar refractivity (Wildman–Crippen MR) is 130 cm³/mol. The van der Waals surface area contributed by atoms with Gasteiger partial charge in [-0.2, -0.15) is 0 Å². The lowest BCUT2D eigenvalue weighted by atomic mass is 9.93. The molecule has 1 fully saturated rings. The first-order chi connectivity index (χ1) is 16.7. The van der Waals surface area contributed by atoms with E-state index in [4.69, 9.17) is 4.74 Å². The van der Waals surface area contributed by atoms with Crippen LogP contribution in [0.1, 0.15) is 46.2 Å². The van der Waals surface area contributed by atoms with Crippen molar-refractivity contribution in [2.24, 2.45) is 0 Å². The number of benzene rings is 1. The SMILES string of the molecule is CCOC(=O)C1=C(CN2CCN(C(=O)NC(C)C)C(C)C2)N(CC)C(=O)NC1c1ccccc1F. The first-order valence-corrected chi connectivity index (χ1v) is 12.2. The molecular weight excluding hydrogens is 453 g/mol. The quantitative estimate of drug-likeness (QED) is 0.575. The average molecular weight is 490 g/mol. The Morgan fingerprint density at radius 3 is 2.54 bits per heavy atom. The molecule has 1 saturated heterocycles. The number of urea groups is 2. The van der Waals surface area contributed by atoms with Gasteiger partial charge in [-0.3, -0.25) is 9.80 Å². The van der Waals surface area contributed by atoms with E-state index in [9.17, 15) is 18.8 Å². The van der Waals surface area contributed by atoms with Crippen LogP contribution >= 0.6 is 0 Å².